The molecule has 1 fully saturated rings. The van der Waals surface area contributed by atoms with Gasteiger partial charge in [0.15, 0.2) is 0 Å². The molecule has 0 amide bonds. The number of nitrogens with zero attached hydrogens (tertiary/aromatic N) is 4. The van der Waals surface area contributed by atoms with E-state index in [1.807, 2.05) is 4.90 Å². The molecule has 0 atom stereocenters. The number of methoxy groups -OCH3 is 1. The molecule has 2 heterocycles. The van der Waals surface area contributed by atoms with Gasteiger partial charge in [0.2, 0.25) is 10.0 Å². The maximum absolute atomic E-state index is 14.1. The molecule has 2 aromatic carbocycles. The number of benzene rings is 2. The lowest BCUT2D eigenvalue weighted by Crippen LogP contribution is -2.50. The Morgan fingerprint density at radius 3 is 2.26 bits per heavy atom. The predicted octanol–water partition coefficient (Wildman–Crippen LogP) is 3.05. The summed E-state index contributed by atoms with van der Waals surface area (Å²) in [5.74, 6) is -1.12. The largest absolute Gasteiger partial charge is 0.497 e. The van der Waals surface area contributed by atoms with E-state index in [1.54, 1.807) is 38.1 Å². The predicted molar refractivity (Wildman–Crippen MR) is 130 cm³/mol. The molecule has 1 aliphatic heterocycles. The van der Waals surface area contributed by atoms with E-state index >= 15 is 0 Å². The maximum atomic E-state index is 14.1. The van der Waals surface area contributed by atoms with Gasteiger partial charge in [-0.2, -0.15) is 14.1 Å². The Balaban J connectivity index is 1.81. The molecular weight excluding hydrogens is 478 g/mol. The molecule has 1 saturated heterocycles. The topological polar surface area (TPSA) is 84.7 Å². The first-order valence-electron chi connectivity index (χ1n) is 11.1. The summed E-state index contributed by atoms with van der Waals surface area (Å²) < 4.78 is 61.2. The van der Waals surface area contributed by atoms with Crippen molar-refractivity contribution >= 4 is 15.7 Å². The summed E-state index contributed by atoms with van der Waals surface area (Å²) >= 11 is 0. The lowest BCUT2D eigenvalue weighted by atomic mass is 10.0. The molecule has 11 heteroatoms. The van der Waals surface area contributed by atoms with Gasteiger partial charge in [-0.1, -0.05) is 6.07 Å². The van der Waals surface area contributed by atoms with Gasteiger partial charge in [-0.15, -0.1) is 0 Å². The number of rotatable bonds is 6. The molecule has 3 aromatic rings. The first kappa shape index (κ1) is 24.8. The van der Waals surface area contributed by atoms with Crippen LogP contribution in [0.2, 0.25) is 0 Å². The lowest BCUT2D eigenvalue weighted by Gasteiger charge is -2.36. The maximum Gasteiger partial charge on any atom is 0.281 e. The highest BCUT2D eigenvalue weighted by Gasteiger charge is 2.31. The van der Waals surface area contributed by atoms with E-state index in [9.17, 15) is 22.0 Å². The molecule has 4 rings (SSSR count). The summed E-state index contributed by atoms with van der Waals surface area (Å²) in [6.07, 6.45) is 1.46. The van der Waals surface area contributed by atoms with Crippen LogP contribution in [-0.2, 0) is 10.0 Å². The monoisotopic (exact) mass is 504 g/mol. The zero-order valence-electron chi connectivity index (χ0n) is 19.6. The van der Waals surface area contributed by atoms with Gasteiger partial charge in [-0.25, -0.2) is 17.2 Å². The van der Waals surface area contributed by atoms with E-state index in [0.717, 1.165) is 22.9 Å². The van der Waals surface area contributed by atoms with Crippen molar-refractivity contribution in [1.29, 1.82) is 0 Å². The van der Waals surface area contributed by atoms with Crippen LogP contribution in [0.5, 0.6) is 5.75 Å². The molecule has 1 aliphatic rings. The molecule has 1 aromatic heterocycles. The summed E-state index contributed by atoms with van der Waals surface area (Å²) in [6.45, 7) is 4.27. The molecule has 0 saturated carbocycles. The Kier molecular flexibility index (Phi) is 6.91. The Morgan fingerprint density at radius 1 is 1.00 bits per heavy atom. The van der Waals surface area contributed by atoms with Crippen LogP contribution in [0.15, 0.2) is 53.5 Å². The third-order valence-corrected chi connectivity index (χ3v) is 8.22. The molecule has 0 N–H and O–H groups in total. The van der Waals surface area contributed by atoms with Crippen molar-refractivity contribution < 1.29 is 21.9 Å². The van der Waals surface area contributed by atoms with Crippen LogP contribution in [-0.4, -0.2) is 61.0 Å². The van der Waals surface area contributed by atoms with Crippen molar-refractivity contribution in [2.45, 2.75) is 19.1 Å². The number of halogens is 2. The second-order valence-corrected chi connectivity index (χ2v) is 11.0. The molecule has 35 heavy (non-hydrogen) atoms. The quantitative estimate of drug-likeness (QED) is 0.513. The van der Waals surface area contributed by atoms with E-state index in [2.05, 4.69) is 5.10 Å². The van der Waals surface area contributed by atoms with Crippen LogP contribution in [0.25, 0.3) is 16.8 Å². The minimum Gasteiger partial charge on any atom is -0.497 e. The summed E-state index contributed by atoms with van der Waals surface area (Å²) in [7, 11) is -1.92. The number of piperazine rings is 1. The summed E-state index contributed by atoms with van der Waals surface area (Å²) in [6, 6.07) is 9.64. The van der Waals surface area contributed by atoms with Crippen LogP contribution in [0, 0.1) is 11.6 Å². The molecule has 186 valence electrons. The highest BCUT2D eigenvalue weighted by Crippen LogP contribution is 2.30. The molecule has 0 bridgehead atoms. The standard InChI is InChI=1S/C24H26F2N4O4S/c1-16(2)35(32,33)29-9-7-28(8-10-29)22-15-27-30(20-5-4-6-21(14-20)34-3)24(31)23(22)17-11-18(25)13-19(26)12-17/h4-6,11-16H,7-10H2,1-3H3. The minimum atomic E-state index is -3.42. The Hall–Kier alpha value is -3.31. The van der Waals surface area contributed by atoms with Gasteiger partial charge < -0.3 is 9.64 Å². The van der Waals surface area contributed by atoms with Crippen LogP contribution < -0.4 is 15.2 Å². The summed E-state index contributed by atoms with van der Waals surface area (Å²) in [5, 5.41) is 3.77. The van der Waals surface area contributed by atoms with Gasteiger partial charge in [0.1, 0.15) is 17.4 Å². The number of anilines is 1. The van der Waals surface area contributed by atoms with E-state index in [-0.39, 0.29) is 24.2 Å². The number of sulfonamides is 1. The van der Waals surface area contributed by atoms with E-state index < -0.39 is 32.5 Å². The fourth-order valence-electron chi connectivity index (χ4n) is 4.06. The third-order valence-electron chi connectivity index (χ3n) is 5.94. The van der Waals surface area contributed by atoms with E-state index in [0.29, 0.717) is 30.2 Å². The first-order chi connectivity index (χ1) is 16.6. The SMILES string of the molecule is COc1cccc(-n2ncc(N3CCN(S(=O)(=O)C(C)C)CC3)c(-c3cc(F)cc(F)c3)c2=O)c1. The summed E-state index contributed by atoms with van der Waals surface area (Å²) in [5.41, 5.74) is 0.366. The van der Waals surface area contributed by atoms with E-state index in [1.165, 1.54) is 17.6 Å². The molecule has 0 spiro atoms. The Morgan fingerprint density at radius 2 is 1.66 bits per heavy atom. The van der Waals surface area contributed by atoms with Crippen molar-refractivity contribution in [3.63, 3.8) is 0 Å². The highest BCUT2D eigenvalue weighted by molar-refractivity contribution is 7.89. The van der Waals surface area contributed by atoms with Gasteiger partial charge in [-0.3, -0.25) is 4.79 Å². The number of hydrogen-bond donors (Lipinski definition) is 0. The van der Waals surface area contributed by atoms with Crippen LogP contribution in [0.1, 0.15) is 13.8 Å². The second-order valence-electron chi connectivity index (χ2n) is 8.46. The van der Waals surface area contributed by atoms with Gasteiger partial charge in [0, 0.05) is 38.3 Å². The molecule has 0 aliphatic carbocycles. The number of aromatic nitrogens is 2. The first-order valence-corrected chi connectivity index (χ1v) is 12.6. The Labute approximate surface area is 202 Å². The van der Waals surface area contributed by atoms with E-state index in [4.69, 9.17) is 4.74 Å². The van der Waals surface area contributed by atoms with Crippen molar-refractivity contribution in [3.8, 4) is 22.6 Å². The van der Waals surface area contributed by atoms with Gasteiger partial charge in [-0.05, 0) is 43.7 Å². The normalized spacial score (nSPS) is 15.0. The minimum absolute atomic E-state index is 0.0683. The fourth-order valence-corrected chi connectivity index (χ4v) is 5.33. The van der Waals surface area contributed by atoms with Crippen molar-refractivity contribution in [2.75, 3.05) is 38.2 Å². The van der Waals surface area contributed by atoms with Crippen molar-refractivity contribution in [1.82, 2.24) is 14.1 Å². The molecule has 8 nitrogen and oxygen atoms in total. The second kappa shape index (κ2) is 9.74. The average Bonchev–Trinajstić information content (AvgIpc) is 2.83. The highest BCUT2D eigenvalue weighted by atomic mass is 32.2. The number of ether oxygens (including phenoxy) is 1. The zero-order chi connectivity index (χ0) is 25.3. The Bertz CT molecular complexity index is 1380. The van der Waals surface area contributed by atoms with Gasteiger partial charge in [0.05, 0.1) is 35.5 Å². The summed E-state index contributed by atoms with van der Waals surface area (Å²) in [4.78, 5) is 15.5. The smallest absolute Gasteiger partial charge is 0.281 e. The van der Waals surface area contributed by atoms with Crippen LogP contribution in [0.4, 0.5) is 14.5 Å². The molecule has 0 radical (unpaired) electrons. The van der Waals surface area contributed by atoms with Crippen LogP contribution >= 0.6 is 0 Å². The third kappa shape index (κ3) is 4.92. The zero-order valence-corrected chi connectivity index (χ0v) is 20.4. The molecular formula is C24H26F2N4O4S. The van der Waals surface area contributed by atoms with Gasteiger partial charge in [0.25, 0.3) is 5.56 Å². The van der Waals surface area contributed by atoms with Crippen molar-refractivity contribution in [2.24, 2.45) is 0 Å². The van der Waals surface area contributed by atoms with Gasteiger partial charge >= 0.3 is 0 Å². The average molecular weight is 505 g/mol. The lowest BCUT2D eigenvalue weighted by molar-refractivity contribution is 0.381. The molecule has 0 unspecified atom stereocenters. The van der Waals surface area contributed by atoms with Crippen molar-refractivity contribution in [3.05, 3.63) is 70.6 Å². The number of hydrogen-bond acceptors (Lipinski definition) is 6. The van der Waals surface area contributed by atoms with Crippen LogP contribution in [0.3, 0.4) is 0 Å². The fraction of sp³-hybridized carbons (Fsp3) is 0.333.